The molecule has 1 aromatic heterocycles. The van der Waals surface area contributed by atoms with Gasteiger partial charge in [0.1, 0.15) is 0 Å². The zero-order chi connectivity index (χ0) is 18.6. The fourth-order valence-electron chi connectivity index (χ4n) is 3.61. The first kappa shape index (κ1) is 17.5. The fraction of sp³-hybridized carbons (Fsp3) is 0.273. The molecule has 0 radical (unpaired) electrons. The number of fused-ring (bicyclic) bond motifs is 1. The van der Waals surface area contributed by atoms with E-state index in [2.05, 4.69) is 21.8 Å². The SMILES string of the molecule is Cn1cc(C(NC(=O)c2ccc3c(c2)CCCNC3)c2ccccc2)cn1. The van der Waals surface area contributed by atoms with Crippen molar-refractivity contribution in [3.63, 3.8) is 0 Å². The summed E-state index contributed by atoms with van der Waals surface area (Å²) in [7, 11) is 1.88. The first-order valence-corrected chi connectivity index (χ1v) is 9.37. The molecule has 2 N–H and O–H groups in total. The van der Waals surface area contributed by atoms with Crippen molar-refractivity contribution < 1.29 is 4.79 Å². The van der Waals surface area contributed by atoms with Crippen LogP contribution in [0, 0.1) is 0 Å². The second-order valence-electron chi connectivity index (χ2n) is 7.03. The number of benzene rings is 2. The Morgan fingerprint density at radius 3 is 2.78 bits per heavy atom. The molecule has 138 valence electrons. The molecule has 5 heteroatoms. The number of carbonyl (C=O) groups is 1. The Balaban J connectivity index is 1.61. The van der Waals surface area contributed by atoms with Gasteiger partial charge in [0.05, 0.1) is 12.2 Å². The lowest BCUT2D eigenvalue weighted by atomic mass is 9.98. The van der Waals surface area contributed by atoms with Crippen LogP contribution in [-0.4, -0.2) is 22.2 Å². The summed E-state index contributed by atoms with van der Waals surface area (Å²) in [6, 6.07) is 15.8. The largest absolute Gasteiger partial charge is 0.341 e. The Labute approximate surface area is 159 Å². The van der Waals surface area contributed by atoms with Crippen LogP contribution in [0.3, 0.4) is 0 Å². The lowest BCUT2D eigenvalue weighted by molar-refractivity contribution is 0.0943. The second-order valence-corrected chi connectivity index (χ2v) is 7.03. The molecule has 0 fully saturated rings. The van der Waals surface area contributed by atoms with Gasteiger partial charge in [0.2, 0.25) is 0 Å². The van der Waals surface area contributed by atoms with Crippen molar-refractivity contribution in [2.45, 2.75) is 25.4 Å². The van der Waals surface area contributed by atoms with E-state index in [1.807, 2.05) is 55.7 Å². The third-order valence-corrected chi connectivity index (χ3v) is 5.05. The number of carbonyl (C=O) groups excluding carboxylic acids is 1. The molecular formula is C22H24N4O. The van der Waals surface area contributed by atoms with Gasteiger partial charge in [0.25, 0.3) is 5.91 Å². The van der Waals surface area contributed by atoms with Gasteiger partial charge in [-0.1, -0.05) is 36.4 Å². The van der Waals surface area contributed by atoms with Gasteiger partial charge in [-0.05, 0) is 48.2 Å². The van der Waals surface area contributed by atoms with Gasteiger partial charge in [-0.15, -0.1) is 0 Å². The minimum atomic E-state index is -0.229. The van der Waals surface area contributed by atoms with Crippen molar-refractivity contribution in [2.24, 2.45) is 7.05 Å². The zero-order valence-corrected chi connectivity index (χ0v) is 15.5. The number of hydrogen-bond acceptors (Lipinski definition) is 3. The molecule has 1 aliphatic rings. The van der Waals surface area contributed by atoms with Gasteiger partial charge in [-0.2, -0.15) is 5.10 Å². The number of nitrogens with one attached hydrogen (secondary N) is 2. The van der Waals surface area contributed by atoms with E-state index in [1.54, 1.807) is 10.9 Å². The van der Waals surface area contributed by atoms with E-state index in [0.29, 0.717) is 5.56 Å². The fourth-order valence-corrected chi connectivity index (χ4v) is 3.61. The summed E-state index contributed by atoms with van der Waals surface area (Å²) in [6.07, 6.45) is 5.86. The first-order chi connectivity index (χ1) is 13.2. The number of aromatic nitrogens is 2. The first-order valence-electron chi connectivity index (χ1n) is 9.37. The molecule has 0 saturated heterocycles. The number of rotatable bonds is 4. The van der Waals surface area contributed by atoms with E-state index >= 15 is 0 Å². The Kier molecular flexibility index (Phi) is 5.03. The van der Waals surface area contributed by atoms with E-state index in [-0.39, 0.29) is 11.9 Å². The average molecular weight is 360 g/mol. The molecule has 5 nitrogen and oxygen atoms in total. The number of hydrogen-bond donors (Lipinski definition) is 2. The summed E-state index contributed by atoms with van der Waals surface area (Å²) < 4.78 is 1.76. The van der Waals surface area contributed by atoms with Gasteiger partial charge < -0.3 is 10.6 Å². The highest BCUT2D eigenvalue weighted by Gasteiger charge is 2.20. The van der Waals surface area contributed by atoms with Crippen molar-refractivity contribution in [3.8, 4) is 0 Å². The van der Waals surface area contributed by atoms with Crippen molar-refractivity contribution >= 4 is 5.91 Å². The van der Waals surface area contributed by atoms with Gasteiger partial charge in [-0.25, -0.2) is 0 Å². The van der Waals surface area contributed by atoms with Crippen LogP contribution in [0.25, 0.3) is 0 Å². The Bertz CT molecular complexity index is 932. The Hall–Kier alpha value is -2.92. The van der Waals surface area contributed by atoms with Gasteiger partial charge in [-0.3, -0.25) is 9.48 Å². The third kappa shape index (κ3) is 3.93. The highest BCUT2D eigenvalue weighted by atomic mass is 16.1. The van der Waals surface area contributed by atoms with E-state index in [1.165, 1.54) is 11.1 Å². The molecule has 0 bridgehead atoms. The monoisotopic (exact) mass is 360 g/mol. The minimum Gasteiger partial charge on any atom is -0.341 e. The molecule has 0 spiro atoms. The minimum absolute atomic E-state index is 0.0623. The normalized spacial score (nSPS) is 14.9. The quantitative estimate of drug-likeness (QED) is 0.752. The summed E-state index contributed by atoms with van der Waals surface area (Å²) in [4.78, 5) is 13.0. The maximum absolute atomic E-state index is 13.0. The molecule has 1 amide bonds. The van der Waals surface area contributed by atoms with Crippen LogP contribution in [0.4, 0.5) is 0 Å². The van der Waals surface area contributed by atoms with Crippen LogP contribution in [-0.2, 0) is 20.0 Å². The number of amides is 1. The molecule has 2 heterocycles. The molecule has 1 aliphatic heterocycles. The van der Waals surface area contributed by atoms with Gasteiger partial charge in [0, 0.05) is 30.9 Å². The van der Waals surface area contributed by atoms with Gasteiger partial charge in [0.15, 0.2) is 0 Å². The van der Waals surface area contributed by atoms with E-state index in [0.717, 1.165) is 37.1 Å². The molecule has 1 atom stereocenters. The van der Waals surface area contributed by atoms with E-state index in [4.69, 9.17) is 0 Å². The Morgan fingerprint density at radius 1 is 1.15 bits per heavy atom. The lowest BCUT2D eigenvalue weighted by Gasteiger charge is -2.19. The highest BCUT2D eigenvalue weighted by Crippen LogP contribution is 2.23. The van der Waals surface area contributed by atoms with Gasteiger partial charge >= 0.3 is 0 Å². The zero-order valence-electron chi connectivity index (χ0n) is 15.5. The summed E-state index contributed by atoms with van der Waals surface area (Å²) >= 11 is 0. The van der Waals surface area contributed by atoms with Crippen molar-refractivity contribution in [1.82, 2.24) is 20.4 Å². The van der Waals surface area contributed by atoms with E-state index in [9.17, 15) is 4.79 Å². The van der Waals surface area contributed by atoms with Crippen molar-refractivity contribution in [3.05, 3.63) is 88.7 Å². The predicted molar refractivity (Wildman–Crippen MR) is 105 cm³/mol. The van der Waals surface area contributed by atoms with Crippen LogP contribution >= 0.6 is 0 Å². The van der Waals surface area contributed by atoms with Crippen molar-refractivity contribution in [1.29, 1.82) is 0 Å². The summed E-state index contributed by atoms with van der Waals surface area (Å²) in [5, 5.41) is 10.9. The molecule has 3 aromatic rings. The van der Waals surface area contributed by atoms with Crippen LogP contribution in [0.1, 0.15) is 45.1 Å². The van der Waals surface area contributed by atoms with Crippen LogP contribution in [0.15, 0.2) is 60.9 Å². The highest BCUT2D eigenvalue weighted by molar-refractivity contribution is 5.95. The second kappa shape index (κ2) is 7.76. The number of aryl methyl sites for hydroxylation is 2. The summed E-state index contributed by atoms with van der Waals surface area (Å²) in [6.45, 7) is 1.90. The maximum atomic E-state index is 13.0. The lowest BCUT2D eigenvalue weighted by Crippen LogP contribution is -2.29. The van der Waals surface area contributed by atoms with Crippen LogP contribution in [0.2, 0.25) is 0 Å². The molecule has 1 unspecified atom stereocenters. The maximum Gasteiger partial charge on any atom is 0.252 e. The van der Waals surface area contributed by atoms with E-state index < -0.39 is 0 Å². The summed E-state index contributed by atoms with van der Waals surface area (Å²) in [5.41, 5.74) is 5.27. The smallest absolute Gasteiger partial charge is 0.252 e. The molecule has 27 heavy (non-hydrogen) atoms. The van der Waals surface area contributed by atoms with Crippen LogP contribution in [0.5, 0.6) is 0 Å². The summed E-state index contributed by atoms with van der Waals surface area (Å²) in [5.74, 6) is -0.0623. The third-order valence-electron chi connectivity index (χ3n) is 5.05. The molecule has 0 saturated carbocycles. The molecule has 2 aromatic carbocycles. The Morgan fingerprint density at radius 2 is 2.00 bits per heavy atom. The van der Waals surface area contributed by atoms with Crippen molar-refractivity contribution in [2.75, 3.05) is 6.54 Å². The molecule has 4 rings (SSSR count). The standard InChI is InChI=1S/C22H24N4O/c1-26-15-20(14-24-26)21(16-6-3-2-4-7-16)25-22(27)18-9-10-19-13-23-11-5-8-17(19)12-18/h2-4,6-7,9-10,12,14-15,21,23H,5,8,11,13H2,1H3,(H,25,27). The molecule has 0 aliphatic carbocycles. The number of nitrogens with zero attached hydrogens (tertiary/aromatic N) is 2. The topological polar surface area (TPSA) is 59.0 Å². The molecular weight excluding hydrogens is 336 g/mol. The average Bonchev–Trinajstić information content (AvgIpc) is 2.99. The predicted octanol–water partition coefficient (Wildman–Crippen LogP) is 2.98. The van der Waals surface area contributed by atoms with Crippen LogP contribution < -0.4 is 10.6 Å².